The van der Waals surface area contributed by atoms with E-state index in [0.29, 0.717) is 10.8 Å². The normalized spacial score (nSPS) is 11.0. The lowest BCUT2D eigenvalue weighted by Gasteiger charge is -2.10. The van der Waals surface area contributed by atoms with Crippen molar-refractivity contribution in [2.24, 2.45) is 14.1 Å². The van der Waals surface area contributed by atoms with E-state index in [4.69, 9.17) is 21.1 Å². The number of rotatable bonds is 5. The van der Waals surface area contributed by atoms with Crippen molar-refractivity contribution in [1.29, 1.82) is 0 Å². The topological polar surface area (TPSA) is 97.3 Å². The predicted molar refractivity (Wildman–Crippen MR) is 98.5 cm³/mol. The number of ether oxygens (including phenoxy) is 2. The fourth-order valence-electron chi connectivity index (χ4n) is 2.72. The van der Waals surface area contributed by atoms with E-state index in [9.17, 15) is 14.4 Å². The van der Waals surface area contributed by atoms with E-state index in [0.717, 1.165) is 4.57 Å². The second-order valence-electron chi connectivity index (χ2n) is 5.80. The summed E-state index contributed by atoms with van der Waals surface area (Å²) in [6, 6.07) is 4.64. The maximum absolute atomic E-state index is 12.4. The molecular formula is C17H17ClN4O5. The largest absolute Gasteiger partial charge is 0.496 e. The minimum absolute atomic E-state index is 0.00798. The number of esters is 1. The number of aryl methyl sites for hydroxylation is 1. The molecule has 0 bridgehead atoms. The highest BCUT2D eigenvalue weighted by atomic mass is 35.5. The van der Waals surface area contributed by atoms with Gasteiger partial charge in [-0.1, -0.05) is 11.6 Å². The Morgan fingerprint density at radius 3 is 2.67 bits per heavy atom. The van der Waals surface area contributed by atoms with E-state index >= 15 is 0 Å². The van der Waals surface area contributed by atoms with Crippen LogP contribution in [0.5, 0.6) is 5.75 Å². The first-order chi connectivity index (χ1) is 12.8. The molecule has 0 atom stereocenters. The van der Waals surface area contributed by atoms with Gasteiger partial charge in [0.15, 0.2) is 11.2 Å². The zero-order valence-corrected chi connectivity index (χ0v) is 15.7. The second kappa shape index (κ2) is 7.28. The van der Waals surface area contributed by atoms with E-state index < -0.39 is 17.2 Å². The van der Waals surface area contributed by atoms with Gasteiger partial charge in [-0.3, -0.25) is 13.9 Å². The van der Waals surface area contributed by atoms with Crippen molar-refractivity contribution in [2.75, 3.05) is 13.7 Å². The van der Waals surface area contributed by atoms with Crippen LogP contribution in [-0.4, -0.2) is 38.4 Å². The van der Waals surface area contributed by atoms with E-state index in [1.54, 1.807) is 16.7 Å². The molecule has 0 radical (unpaired) electrons. The predicted octanol–water partition coefficient (Wildman–Crippen LogP) is 0.953. The van der Waals surface area contributed by atoms with Crippen molar-refractivity contribution in [2.45, 2.75) is 6.54 Å². The molecule has 0 unspecified atom stereocenters. The summed E-state index contributed by atoms with van der Waals surface area (Å²) in [4.78, 5) is 40.7. The number of hydrogen-bond donors (Lipinski definition) is 0. The number of fused-ring (bicyclic) bond motifs is 1. The number of halogens is 1. The molecule has 3 rings (SSSR count). The molecule has 1 aromatic carbocycles. The van der Waals surface area contributed by atoms with E-state index in [-0.39, 0.29) is 29.9 Å². The summed E-state index contributed by atoms with van der Waals surface area (Å²) >= 11 is 5.92. The van der Waals surface area contributed by atoms with Crippen molar-refractivity contribution >= 4 is 28.7 Å². The highest BCUT2D eigenvalue weighted by molar-refractivity contribution is 6.31. The number of benzene rings is 1. The number of carbonyl (C=O) groups is 1. The summed E-state index contributed by atoms with van der Waals surface area (Å²) in [5, 5.41) is 0.382. The van der Waals surface area contributed by atoms with Crippen LogP contribution in [0, 0.1) is 0 Å². The molecule has 0 spiro atoms. The lowest BCUT2D eigenvalue weighted by molar-refractivity contribution is 0.0488. The van der Waals surface area contributed by atoms with Crippen molar-refractivity contribution in [1.82, 2.24) is 18.7 Å². The third-order valence-electron chi connectivity index (χ3n) is 4.16. The molecule has 0 aliphatic heterocycles. The Kier molecular flexibility index (Phi) is 5.04. The van der Waals surface area contributed by atoms with Crippen LogP contribution in [0.3, 0.4) is 0 Å². The first kappa shape index (κ1) is 18.7. The number of imidazole rings is 1. The molecule has 27 heavy (non-hydrogen) atoms. The molecule has 3 aromatic rings. The number of hydrogen-bond acceptors (Lipinski definition) is 6. The van der Waals surface area contributed by atoms with Crippen molar-refractivity contribution < 1.29 is 14.3 Å². The Labute approximate surface area is 158 Å². The van der Waals surface area contributed by atoms with Crippen LogP contribution in [0.25, 0.3) is 11.2 Å². The molecular weight excluding hydrogens is 376 g/mol. The molecule has 0 saturated carbocycles. The maximum atomic E-state index is 12.4. The lowest BCUT2D eigenvalue weighted by Crippen LogP contribution is -2.37. The molecule has 142 valence electrons. The Bertz CT molecular complexity index is 1140. The first-order valence-electron chi connectivity index (χ1n) is 7.96. The van der Waals surface area contributed by atoms with Crippen LogP contribution in [0.2, 0.25) is 5.02 Å². The second-order valence-corrected chi connectivity index (χ2v) is 6.23. The van der Waals surface area contributed by atoms with Crippen molar-refractivity contribution in [3.05, 3.63) is 56.0 Å². The van der Waals surface area contributed by atoms with Crippen LogP contribution >= 0.6 is 11.6 Å². The third kappa shape index (κ3) is 3.33. The molecule has 0 aliphatic carbocycles. The fraction of sp³-hybridized carbons (Fsp3) is 0.294. The fourth-order valence-corrected chi connectivity index (χ4v) is 2.89. The number of nitrogens with zero attached hydrogens (tertiary/aromatic N) is 4. The summed E-state index contributed by atoms with van der Waals surface area (Å²) < 4.78 is 14.2. The van der Waals surface area contributed by atoms with E-state index in [1.807, 2.05) is 0 Å². The van der Waals surface area contributed by atoms with Gasteiger partial charge < -0.3 is 14.0 Å². The van der Waals surface area contributed by atoms with Gasteiger partial charge >= 0.3 is 11.7 Å². The summed E-state index contributed by atoms with van der Waals surface area (Å²) in [6.45, 7) is 0.185. The van der Waals surface area contributed by atoms with Gasteiger partial charge in [0.05, 0.1) is 20.0 Å². The molecule has 0 saturated heterocycles. The smallest absolute Gasteiger partial charge is 0.342 e. The molecule has 2 aromatic heterocycles. The van der Waals surface area contributed by atoms with Crippen LogP contribution in [0.4, 0.5) is 0 Å². The Balaban J connectivity index is 1.81. The van der Waals surface area contributed by atoms with Gasteiger partial charge in [-0.2, -0.15) is 0 Å². The van der Waals surface area contributed by atoms with Crippen molar-refractivity contribution in [3.63, 3.8) is 0 Å². The van der Waals surface area contributed by atoms with E-state index in [1.165, 1.54) is 38.2 Å². The number of carbonyl (C=O) groups excluding carboxylic acids is 1. The van der Waals surface area contributed by atoms with Crippen LogP contribution in [-0.2, 0) is 25.4 Å². The van der Waals surface area contributed by atoms with Gasteiger partial charge in [0.25, 0.3) is 5.56 Å². The Hall–Kier alpha value is -3.07. The molecule has 9 nitrogen and oxygen atoms in total. The average molecular weight is 393 g/mol. The van der Waals surface area contributed by atoms with Gasteiger partial charge in [-0.25, -0.2) is 14.6 Å². The van der Waals surface area contributed by atoms with Gasteiger partial charge in [0.2, 0.25) is 0 Å². The molecule has 10 heteroatoms. The number of aromatic nitrogens is 4. The summed E-state index contributed by atoms with van der Waals surface area (Å²) in [5.74, 6) is -0.250. The van der Waals surface area contributed by atoms with Gasteiger partial charge in [-0.05, 0) is 18.2 Å². The monoisotopic (exact) mass is 392 g/mol. The minimum atomic E-state index is -0.598. The molecule has 0 N–H and O–H groups in total. The molecule has 0 fully saturated rings. The number of methoxy groups -OCH3 is 1. The molecule has 0 aliphatic rings. The lowest BCUT2D eigenvalue weighted by atomic mass is 10.2. The quantitative estimate of drug-likeness (QED) is 0.600. The van der Waals surface area contributed by atoms with Gasteiger partial charge in [0, 0.05) is 19.1 Å². The highest BCUT2D eigenvalue weighted by Crippen LogP contribution is 2.23. The maximum Gasteiger partial charge on any atom is 0.342 e. The van der Waals surface area contributed by atoms with Crippen LogP contribution in [0.1, 0.15) is 10.4 Å². The highest BCUT2D eigenvalue weighted by Gasteiger charge is 2.16. The van der Waals surface area contributed by atoms with Crippen LogP contribution < -0.4 is 16.0 Å². The summed E-state index contributed by atoms with van der Waals surface area (Å²) in [5.41, 5.74) is -0.189. The van der Waals surface area contributed by atoms with Crippen molar-refractivity contribution in [3.8, 4) is 5.75 Å². The zero-order valence-electron chi connectivity index (χ0n) is 14.9. The third-order valence-corrected chi connectivity index (χ3v) is 4.40. The summed E-state index contributed by atoms with van der Waals surface area (Å²) in [6.07, 6.45) is 1.43. The first-order valence-corrected chi connectivity index (χ1v) is 8.34. The Morgan fingerprint density at radius 1 is 1.22 bits per heavy atom. The summed E-state index contributed by atoms with van der Waals surface area (Å²) in [7, 11) is 4.37. The minimum Gasteiger partial charge on any atom is -0.496 e. The SMILES string of the molecule is COc1ccc(Cl)cc1C(=O)OCCn1cnc2c1c(=O)n(C)c(=O)n2C. The van der Waals surface area contributed by atoms with Crippen LogP contribution in [0.15, 0.2) is 34.1 Å². The molecule has 2 heterocycles. The van der Waals surface area contributed by atoms with E-state index in [2.05, 4.69) is 4.98 Å². The van der Waals surface area contributed by atoms with Gasteiger partial charge in [0.1, 0.15) is 17.9 Å². The standard InChI is InChI=1S/C17H17ClN4O5/c1-20-14-13(15(23)21(2)17(20)25)22(9-19-14)6-7-27-16(24)11-8-10(18)4-5-12(11)26-3/h4-5,8-9H,6-7H2,1-3H3. The zero-order chi connectivity index (χ0) is 19.7. The molecule has 0 amide bonds. The average Bonchev–Trinajstić information content (AvgIpc) is 3.08. The Morgan fingerprint density at radius 2 is 1.96 bits per heavy atom. The van der Waals surface area contributed by atoms with Gasteiger partial charge in [-0.15, -0.1) is 0 Å².